The highest BCUT2D eigenvalue weighted by Gasteiger charge is 2.40. The summed E-state index contributed by atoms with van der Waals surface area (Å²) in [6.45, 7) is 2.47. The summed E-state index contributed by atoms with van der Waals surface area (Å²) in [6.07, 6.45) is 3.60. The van der Waals surface area contributed by atoms with Gasteiger partial charge >= 0.3 is 0 Å². The van der Waals surface area contributed by atoms with Crippen LogP contribution in [-0.4, -0.2) is 29.2 Å². The molecule has 0 N–H and O–H groups in total. The number of rotatable bonds is 3. The topological polar surface area (TPSA) is 37.4 Å². The average molecular weight is 181 g/mol. The first-order valence-electron chi connectivity index (χ1n) is 5.03. The molecular formula is C10H15NO2. The maximum absolute atomic E-state index is 11.4. The minimum Gasteiger partial charge on any atom is -0.332 e. The number of carbonyl (C=O) groups excluding carboxylic acids is 2. The molecule has 1 heterocycles. The second-order valence-electron chi connectivity index (χ2n) is 4.05. The van der Waals surface area contributed by atoms with E-state index in [2.05, 4.69) is 6.92 Å². The number of likely N-dealkylation sites (tertiary alicyclic amines) is 1. The van der Waals surface area contributed by atoms with Crippen molar-refractivity contribution in [3.8, 4) is 0 Å². The molecule has 3 nitrogen and oxygen atoms in total. The molecule has 0 bridgehead atoms. The Bertz CT molecular complexity index is 245. The van der Waals surface area contributed by atoms with Gasteiger partial charge in [0.25, 0.3) is 0 Å². The summed E-state index contributed by atoms with van der Waals surface area (Å²) in [5.41, 5.74) is 0. The number of ketones is 1. The minimum atomic E-state index is 0.0451. The molecule has 1 aliphatic heterocycles. The molecule has 0 aromatic rings. The van der Waals surface area contributed by atoms with E-state index in [1.54, 1.807) is 4.90 Å². The van der Waals surface area contributed by atoms with E-state index in [4.69, 9.17) is 0 Å². The maximum atomic E-state index is 11.4. The van der Waals surface area contributed by atoms with Gasteiger partial charge in [0.2, 0.25) is 5.91 Å². The SMILES string of the molecule is CCC(C1CC1)N1CC(=O)CC1=O. The lowest BCUT2D eigenvalue weighted by Crippen LogP contribution is -2.37. The van der Waals surface area contributed by atoms with Crippen molar-refractivity contribution < 1.29 is 9.59 Å². The standard InChI is InChI=1S/C10H15NO2/c1-2-9(7-3-4-7)11-6-8(12)5-10(11)13/h7,9H,2-6H2,1H3. The molecule has 1 amide bonds. The molecule has 2 rings (SSSR count). The second kappa shape index (κ2) is 3.13. The first-order chi connectivity index (χ1) is 6.22. The molecule has 1 unspecified atom stereocenters. The van der Waals surface area contributed by atoms with Crippen LogP contribution in [0.15, 0.2) is 0 Å². The van der Waals surface area contributed by atoms with E-state index in [9.17, 15) is 9.59 Å². The zero-order chi connectivity index (χ0) is 9.42. The van der Waals surface area contributed by atoms with Crippen LogP contribution in [0, 0.1) is 5.92 Å². The highest BCUT2D eigenvalue weighted by Crippen LogP contribution is 2.37. The Kier molecular flexibility index (Phi) is 2.10. The van der Waals surface area contributed by atoms with Gasteiger partial charge in [0, 0.05) is 6.04 Å². The summed E-state index contributed by atoms with van der Waals surface area (Å²) in [5, 5.41) is 0. The van der Waals surface area contributed by atoms with Crippen LogP contribution in [0.2, 0.25) is 0 Å². The fourth-order valence-corrected chi connectivity index (χ4v) is 2.20. The Balaban J connectivity index is 2.05. The van der Waals surface area contributed by atoms with E-state index < -0.39 is 0 Å². The molecule has 0 aromatic carbocycles. The van der Waals surface area contributed by atoms with Gasteiger partial charge in [-0.05, 0) is 25.2 Å². The van der Waals surface area contributed by atoms with Crippen LogP contribution in [-0.2, 0) is 9.59 Å². The Morgan fingerprint density at radius 2 is 2.15 bits per heavy atom. The van der Waals surface area contributed by atoms with E-state index in [0.29, 0.717) is 18.5 Å². The summed E-state index contributed by atoms with van der Waals surface area (Å²) in [6, 6.07) is 0.346. The molecule has 1 aliphatic carbocycles. The Hall–Kier alpha value is -0.860. The van der Waals surface area contributed by atoms with Crippen LogP contribution in [0.5, 0.6) is 0 Å². The predicted molar refractivity (Wildman–Crippen MR) is 48.1 cm³/mol. The average Bonchev–Trinajstić information content (AvgIpc) is 2.82. The normalized spacial score (nSPS) is 25.5. The smallest absolute Gasteiger partial charge is 0.230 e. The summed E-state index contributed by atoms with van der Waals surface area (Å²) in [4.78, 5) is 24.3. The van der Waals surface area contributed by atoms with Crippen molar-refractivity contribution in [1.82, 2.24) is 4.90 Å². The van der Waals surface area contributed by atoms with Gasteiger partial charge < -0.3 is 4.90 Å². The summed E-state index contributed by atoms with van der Waals surface area (Å²) < 4.78 is 0. The van der Waals surface area contributed by atoms with Crippen molar-refractivity contribution in [3.05, 3.63) is 0 Å². The number of Topliss-reactive ketones (excluding diaryl/α,β-unsaturated/α-hetero) is 1. The fourth-order valence-electron chi connectivity index (χ4n) is 2.20. The molecule has 1 atom stereocenters. The Morgan fingerprint density at radius 3 is 2.54 bits per heavy atom. The fraction of sp³-hybridized carbons (Fsp3) is 0.800. The zero-order valence-electron chi connectivity index (χ0n) is 7.95. The molecule has 3 heteroatoms. The van der Waals surface area contributed by atoms with Crippen LogP contribution < -0.4 is 0 Å². The van der Waals surface area contributed by atoms with E-state index in [1.165, 1.54) is 12.8 Å². The Labute approximate surface area is 78.1 Å². The van der Waals surface area contributed by atoms with Crippen molar-refractivity contribution in [2.24, 2.45) is 5.92 Å². The quantitative estimate of drug-likeness (QED) is 0.608. The molecule has 2 aliphatic rings. The Morgan fingerprint density at radius 1 is 1.46 bits per heavy atom. The number of carbonyl (C=O) groups is 2. The van der Waals surface area contributed by atoms with Crippen LogP contribution in [0.25, 0.3) is 0 Å². The monoisotopic (exact) mass is 181 g/mol. The molecule has 1 saturated carbocycles. The number of hydrogen-bond acceptors (Lipinski definition) is 2. The van der Waals surface area contributed by atoms with Crippen molar-refractivity contribution in [2.75, 3.05) is 6.54 Å². The highest BCUT2D eigenvalue weighted by molar-refractivity contribution is 6.05. The first-order valence-corrected chi connectivity index (χ1v) is 5.03. The van der Waals surface area contributed by atoms with Gasteiger partial charge in [-0.3, -0.25) is 9.59 Å². The molecule has 13 heavy (non-hydrogen) atoms. The molecule has 0 spiro atoms. The summed E-state index contributed by atoms with van der Waals surface area (Å²) in [7, 11) is 0. The van der Waals surface area contributed by atoms with E-state index in [1.807, 2.05) is 0 Å². The zero-order valence-corrected chi connectivity index (χ0v) is 7.95. The maximum Gasteiger partial charge on any atom is 0.230 e. The van der Waals surface area contributed by atoms with E-state index in [0.717, 1.165) is 6.42 Å². The van der Waals surface area contributed by atoms with Crippen LogP contribution in [0.4, 0.5) is 0 Å². The number of amides is 1. The first kappa shape index (κ1) is 8.73. The molecule has 0 aromatic heterocycles. The van der Waals surface area contributed by atoms with Gasteiger partial charge in [0.1, 0.15) is 0 Å². The van der Waals surface area contributed by atoms with Gasteiger partial charge in [-0.25, -0.2) is 0 Å². The van der Waals surface area contributed by atoms with Gasteiger partial charge in [0.15, 0.2) is 5.78 Å². The van der Waals surface area contributed by atoms with E-state index in [-0.39, 0.29) is 18.1 Å². The second-order valence-corrected chi connectivity index (χ2v) is 4.05. The molecule has 1 saturated heterocycles. The number of nitrogens with zero attached hydrogens (tertiary/aromatic N) is 1. The van der Waals surface area contributed by atoms with Crippen molar-refractivity contribution in [3.63, 3.8) is 0 Å². The highest BCUT2D eigenvalue weighted by atomic mass is 16.2. The van der Waals surface area contributed by atoms with Crippen LogP contribution >= 0.6 is 0 Å². The summed E-state index contributed by atoms with van der Waals surface area (Å²) in [5.74, 6) is 0.813. The van der Waals surface area contributed by atoms with Gasteiger partial charge in [0.05, 0.1) is 13.0 Å². The molecule has 0 radical (unpaired) electrons. The van der Waals surface area contributed by atoms with Crippen molar-refractivity contribution in [1.29, 1.82) is 0 Å². The van der Waals surface area contributed by atoms with Crippen LogP contribution in [0.3, 0.4) is 0 Å². The van der Waals surface area contributed by atoms with Crippen molar-refractivity contribution in [2.45, 2.75) is 38.6 Å². The minimum absolute atomic E-state index is 0.0451. The van der Waals surface area contributed by atoms with Gasteiger partial charge in [-0.1, -0.05) is 6.92 Å². The lowest BCUT2D eigenvalue weighted by Gasteiger charge is -2.25. The third kappa shape index (κ3) is 1.60. The summed E-state index contributed by atoms with van der Waals surface area (Å²) >= 11 is 0. The number of hydrogen-bond donors (Lipinski definition) is 0. The van der Waals surface area contributed by atoms with Crippen LogP contribution in [0.1, 0.15) is 32.6 Å². The van der Waals surface area contributed by atoms with E-state index >= 15 is 0 Å². The third-order valence-corrected chi connectivity index (χ3v) is 3.00. The largest absolute Gasteiger partial charge is 0.332 e. The lowest BCUT2D eigenvalue weighted by atomic mass is 10.1. The predicted octanol–water partition coefficient (Wildman–Crippen LogP) is 0.976. The van der Waals surface area contributed by atoms with Gasteiger partial charge in [-0.15, -0.1) is 0 Å². The molecule has 2 fully saturated rings. The third-order valence-electron chi connectivity index (χ3n) is 3.00. The van der Waals surface area contributed by atoms with Gasteiger partial charge in [-0.2, -0.15) is 0 Å². The molecule has 72 valence electrons. The van der Waals surface area contributed by atoms with Crippen molar-refractivity contribution >= 4 is 11.7 Å². The molecular weight excluding hydrogens is 166 g/mol. The lowest BCUT2D eigenvalue weighted by molar-refractivity contribution is -0.130.